The summed E-state index contributed by atoms with van der Waals surface area (Å²) >= 11 is 0. The van der Waals surface area contributed by atoms with Gasteiger partial charge in [0.2, 0.25) is 0 Å². The topological polar surface area (TPSA) is 30.5 Å². The Labute approximate surface area is 174 Å². The second-order valence-electron chi connectivity index (χ2n) is 7.08. The molecule has 29 heavy (non-hydrogen) atoms. The number of aryl methyl sites for hydroxylation is 1. The summed E-state index contributed by atoms with van der Waals surface area (Å²) in [6.07, 6.45) is 3.32. The summed E-state index contributed by atoms with van der Waals surface area (Å²) in [5.74, 6) is 1.75. The molecular formula is C26H31NO2. The maximum absolute atomic E-state index is 5.80. The van der Waals surface area contributed by atoms with Crippen molar-refractivity contribution in [1.29, 1.82) is 0 Å². The minimum atomic E-state index is 0.376. The lowest BCUT2D eigenvalue weighted by molar-refractivity contribution is 0.217. The lowest BCUT2D eigenvalue weighted by Gasteiger charge is -2.18. The van der Waals surface area contributed by atoms with Crippen molar-refractivity contribution in [2.24, 2.45) is 0 Å². The lowest BCUT2D eigenvalue weighted by atomic mass is 10.0. The van der Waals surface area contributed by atoms with Gasteiger partial charge in [0.25, 0.3) is 0 Å². The first kappa shape index (κ1) is 20.9. The fourth-order valence-electron chi connectivity index (χ4n) is 3.34. The molecule has 0 bridgehead atoms. The van der Waals surface area contributed by atoms with Gasteiger partial charge in [-0.25, -0.2) is 0 Å². The molecule has 0 heterocycles. The molecule has 0 aromatic heterocycles. The molecule has 3 nitrogen and oxygen atoms in total. The zero-order chi connectivity index (χ0) is 20.2. The second-order valence-corrected chi connectivity index (χ2v) is 7.08. The van der Waals surface area contributed by atoms with Crippen molar-refractivity contribution in [3.05, 3.63) is 96.1 Å². The molecule has 1 unspecified atom stereocenters. The molecule has 3 aromatic carbocycles. The summed E-state index contributed by atoms with van der Waals surface area (Å²) in [6.45, 7) is 4.30. The molecule has 0 aliphatic carbocycles. The summed E-state index contributed by atoms with van der Waals surface area (Å²) < 4.78 is 11.5. The van der Waals surface area contributed by atoms with E-state index in [9.17, 15) is 0 Å². The standard InChI is InChI=1S/C26H31NO2/c1-2-26(27-19-9-12-22-10-5-3-6-11-22)23-15-17-25(18-16-23)29-21-20-28-24-13-7-4-8-14-24/h3-8,10-11,13-18,26-27H,2,9,12,19-21H2,1H3. The second kappa shape index (κ2) is 11.9. The van der Waals surface area contributed by atoms with E-state index in [4.69, 9.17) is 9.47 Å². The van der Waals surface area contributed by atoms with Crippen LogP contribution in [0.25, 0.3) is 0 Å². The third-order valence-electron chi connectivity index (χ3n) is 4.93. The SMILES string of the molecule is CCC(NCCCc1ccccc1)c1ccc(OCCOc2ccccc2)cc1. The fourth-order valence-corrected chi connectivity index (χ4v) is 3.34. The van der Waals surface area contributed by atoms with Crippen molar-refractivity contribution in [3.8, 4) is 11.5 Å². The van der Waals surface area contributed by atoms with Gasteiger partial charge in [0.1, 0.15) is 24.7 Å². The Kier molecular flexibility index (Phi) is 8.61. The van der Waals surface area contributed by atoms with Crippen LogP contribution >= 0.6 is 0 Å². The van der Waals surface area contributed by atoms with Gasteiger partial charge in [0.05, 0.1) is 0 Å². The third kappa shape index (κ3) is 7.28. The van der Waals surface area contributed by atoms with Gasteiger partial charge in [0, 0.05) is 6.04 Å². The highest BCUT2D eigenvalue weighted by molar-refractivity contribution is 5.29. The first-order valence-corrected chi connectivity index (χ1v) is 10.5. The molecule has 1 N–H and O–H groups in total. The van der Waals surface area contributed by atoms with E-state index in [1.54, 1.807) is 0 Å². The van der Waals surface area contributed by atoms with Crippen molar-refractivity contribution in [1.82, 2.24) is 5.32 Å². The quantitative estimate of drug-likeness (QED) is 0.396. The van der Waals surface area contributed by atoms with Crippen LogP contribution in [-0.4, -0.2) is 19.8 Å². The van der Waals surface area contributed by atoms with Crippen LogP contribution in [0.4, 0.5) is 0 Å². The molecule has 0 aliphatic heterocycles. The molecule has 0 saturated carbocycles. The minimum Gasteiger partial charge on any atom is -0.490 e. The van der Waals surface area contributed by atoms with Crippen molar-refractivity contribution in [2.75, 3.05) is 19.8 Å². The van der Waals surface area contributed by atoms with Crippen molar-refractivity contribution in [3.63, 3.8) is 0 Å². The van der Waals surface area contributed by atoms with Gasteiger partial charge in [-0.3, -0.25) is 0 Å². The molecule has 0 amide bonds. The zero-order valence-electron chi connectivity index (χ0n) is 17.2. The Morgan fingerprint density at radius 2 is 1.31 bits per heavy atom. The number of para-hydroxylation sites is 1. The van der Waals surface area contributed by atoms with E-state index in [0.717, 1.165) is 37.3 Å². The lowest BCUT2D eigenvalue weighted by Crippen LogP contribution is -2.22. The Hall–Kier alpha value is -2.78. The molecule has 0 fully saturated rings. The summed E-state index contributed by atoms with van der Waals surface area (Å²) in [5.41, 5.74) is 2.71. The van der Waals surface area contributed by atoms with E-state index in [1.807, 2.05) is 42.5 Å². The highest BCUT2D eigenvalue weighted by Crippen LogP contribution is 2.20. The van der Waals surface area contributed by atoms with E-state index >= 15 is 0 Å². The smallest absolute Gasteiger partial charge is 0.122 e. The molecule has 0 spiro atoms. The molecule has 3 aromatic rings. The van der Waals surface area contributed by atoms with Gasteiger partial charge in [-0.05, 0) is 61.2 Å². The predicted octanol–water partition coefficient (Wildman–Crippen LogP) is 5.82. The summed E-state index contributed by atoms with van der Waals surface area (Å²) in [6, 6.07) is 29.3. The van der Waals surface area contributed by atoms with Gasteiger partial charge in [-0.1, -0.05) is 67.6 Å². The first-order valence-electron chi connectivity index (χ1n) is 10.5. The van der Waals surface area contributed by atoms with Crippen LogP contribution in [0.1, 0.15) is 36.9 Å². The number of benzene rings is 3. The van der Waals surface area contributed by atoms with Gasteiger partial charge >= 0.3 is 0 Å². The van der Waals surface area contributed by atoms with Gasteiger partial charge < -0.3 is 14.8 Å². The van der Waals surface area contributed by atoms with Crippen LogP contribution in [0.3, 0.4) is 0 Å². The highest BCUT2D eigenvalue weighted by atomic mass is 16.5. The number of hydrogen-bond donors (Lipinski definition) is 1. The first-order chi connectivity index (χ1) is 14.3. The van der Waals surface area contributed by atoms with Crippen molar-refractivity contribution < 1.29 is 9.47 Å². The minimum absolute atomic E-state index is 0.376. The normalized spacial score (nSPS) is 11.8. The molecule has 1 atom stereocenters. The maximum Gasteiger partial charge on any atom is 0.122 e. The van der Waals surface area contributed by atoms with E-state index < -0.39 is 0 Å². The number of nitrogens with one attached hydrogen (secondary N) is 1. The molecule has 3 rings (SSSR count). The van der Waals surface area contributed by atoms with Crippen LogP contribution in [-0.2, 0) is 6.42 Å². The van der Waals surface area contributed by atoms with Crippen LogP contribution in [0.2, 0.25) is 0 Å². The Balaban J connectivity index is 1.38. The van der Waals surface area contributed by atoms with Crippen molar-refractivity contribution >= 4 is 0 Å². The van der Waals surface area contributed by atoms with E-state index in [1.165, 1.54) is 11.1 Å². The molecule has 0 saturated heterocycles. The van der Waals surface area contributed by atoms with Crippen LogP contribution in [0.5, 0.6) is 11.5 Å². The van der Waals surface area contributed by atoms with Gasteiger partial charge in [-0.2, -0.15) is 0 Å². The summed E-state index contributed by atoms with van der Waals surface area (Å²) in [7, 11) is 0. The van der Waals surface area contributed by atoms with Gasteiger partial charge in [-0.15, -0.1) is 0 Å². The molecule has 152 valence electrons. The number of hydrogen-bond acceptors (Lipinski definition) is 3. The van der Waals surface area contributed by atoms with Gasteiger partial charge in [0.15, 0.2) is 0 Å². The predicted molar refractivity (Wildman–Crippen MR) is 120 cm³/mol. The Bertz CT molecular complexity index is 803. The largest absolute Gasteiger partial charge is 0.490 e. The van der Waals surface area contributed by atoms with E-state index in [2.05, 4.69) is 54.7 Å². The summed E-state index contributed by atoms with van der Waals surface area (Å²) in [4.78, 5) is 0. The van der Waals surface area contributed by atoms with E-state index in [-0.39, 0.29) is 0 Å². The fraction of sp³-hybridized carbons (Fsp3) is 0.308. The zero-order valence-corrected chi connectivity index (χ0v) is 17.2. The molecule has 0 radical (unpaired) electrons. The summed E-state index contributed by atoms with van der Waals surface area (Å²) in [5, 5.41) is 3.69. The average Bonchev–Trinajstić information content (AvgIpc) is 2.79. The Morgan fingerprint density at radius 1 is 0.724 bits per heavy atom. The van der Waals surface area contributed by atoms with Crippen LogP contribution < -0.4 is 14.8 Å². The molecule has 3 heteroatoms. The Morgan fingerprint density at radius 3 is 1.93 bits per heavy atom. The highest BCUT2D eigenvalue weighted by Gasteiger charge is 2.08. The number of ether oxygens (including phenoxy) is 2. The average molecular weight is 390 g/mol. The maximum atomic E-state index is 5.80. The molecular weight excluding hydrogens is 358 g/mol. The monoisotopic (exact) mass is 389 g/mol. The van der Waals surface area contributed by atoms with Crippen molar-refractivity contribution in [2.45, 2.75) is 32.2 Å². The third-order valence-corrected chi connectivity index (χ3v) is 4.93. The van der Waals surface area contributed by atoms with E-state index in [0.29, 0.717) is 19.3 Å². The molecule has 0 aliphatic rings. The number of rotatable bonds is 12. The van der Waals surface area contributed by atoms with Crippen LogP contribution in [0, 0.1) is 0 Å². The van der Waals surface area contributed by atoms with Crippen LogP contribution in [0.15, 0.2) is 84.9 Å².